The minimum absolute atomic E-state index is 0.299. The van der Waals surface area contributed by atoms with Crippen LogP contribution in [-0.4, -0.2) is 16.8 Å². The molecule has 1 atom stereocenters. The Morgan fingerprint density at radius 2 is 2.17 bits per heavy atom. The molecule has 0 aromatic rings. The van der Waals surface area contributed by atoms with Gasteiger partial charge in [-0.3, -0.25) is 4.79 Å². The van der Waals surface area contributed by atoms with Gasteiger partial charge in [-0.05, 0) is 13.3 Å². The Morgan fingerprint density at radius 3 is 2.58 bits per heavy atom. The Kier molecular flexibility index (Phi) is 6.17. The Bertz CT molecular complexity index is 163. The van der Waals surface area contributed by atoms with Gasteiger partial charge in [0.05, 0.1) is 5.75 Å². The van der Waals surface area contributed by atoms with Crippen molar-refractivity contribution < 1.29 is 4.79 Å². The van der Waals surface area contributed by atoms with Crippen LogP contribution in [0.1, 0.15) is 33.6 Å². The average molecular weight is 186 g/mol. The fourth-order valence-corrected chi connectivity index (χ4v) is 1.55. The lowest BCUT2D eigenvalue weighted by Crippen LogP contribution is -2.05. The van der Waals surface area contributed by atoms with Crippen LogP contribution in [0, 0.1) is 0 Å². The SMILES string of the molecule is C=C(C)CC(=O)CSC(C)CC. The molecule has 0 bridgehead atoms. The maximum Gasteiger partial charge on any atom is 0.146 e. The number of carbonyl (C=O) groups excluding carboxylic acids is 1. The highest BCUT2D eigenvalue weighted by Crippen LogP contribution is 2.14. The van der Waals surface area contributed by atoms with Crippen molar-refractivity contribution in [3.05, 3.63) is 12.2 Å². The zero-order valence-corrected chi connectivity index (χ0v) is 9.04. The fourth-order valence-electron chi connectivity index (χ4n) is 0.741. The second-order valence-corrected chi connectivity index (χ2v) is 4.63. The molecule has 70 valence electrons. The molecule has 2 heteroatoms. The third-order valence-electron chi connectivity index (χ3n) is 1.60. The molecule has 0 amide bonds. The number of carbonyl (C=O) groups is 1. The smallest absolute Gasteiger partial charge is 0.146 e. The quantitative estimate of drug-likeness (QED) is 0.593. The van der Waals surface area contributed by atoms with E-state index in [1.165, 1.54) is 0 Å². The second kappa shape index (κ2) is 6.30. The number of rotatable bonds is 6. The van der Waals surface area contributed by atoms with E-state index in [0.29, 0.717) is 23.2 Å². The number of allylic oxidation sites excluding steroid dienone is 1. The van der Waals surface area contributed by atoms with Crippen molar-refractivity contribution >= 4 is 17.5 Å². The molecular weight excluding hydrogens is 168 g/mol. The summed E-state index contributed by atoms with van der Waals surface area (Å²) in [6.07, 6.45) is 1.68. The van der Waals surface area contributed by atoms with E-state index < -0.39 is 0 Å². The highest BCUT2D eigenvalue weighted by atomic mass is 32.2. The van der Waals surface area contributed by atoms with Crippen molar-refractivity contribution in [3.63, 3.8) is 0 Å². The predicted octanol–water partition coefficient (Wildman–Crippen LogP) is 3.05. The number of Topliss-reactive ketones (excluding diaryl/α,β-unsaturated/α-hetero) is 1. The lowest BCUT2D eigenvalue weighted by Gasteiger charge is -2.06. The van der Waals surface area contributed by atoms with Gasteiger partial charge in [-0.15, -0.1) is 0 Å². The molecule has 1 nitrogen and oxygen atoms in total. The molecule has 0 heterocycles. The molecule has 1 unspecified atom stereocenters. The van der Waals surface area contributed by atoms with E-state index in [9.17, 15) is 4.79 Å². The van der Waals surface area contributed by atoms with Crippen molar-refractivity contribution in [2.45, 2.75) is 38.9 Å². The van der Waals surface area contributed by atoms with Crippen molar-refractivity contribution in [3.8, 4) is 0 Å². The third-order valence-corrected chi connectivity index (χ3v) is 2.99. The Morgan fingerprint density at radius 1 is 1.58 bits per heavy atom. The van der Waals surface area contributed by atoms with Gasteiger partial charge in [-0.1, -0.05) is 26.0 Å². The first-order chi connectivity index (χ1) is 5.56. The summed E-state index contributed by atoms with van der Waals surface area (Å²) in [4.78, 5) is 11.2. The molecule has 12 heavy (non-hydrogen) atoms. The molecule has 0 aliphatic rings. The molecular formula is C10H18OS. The maximum atomic E-state index is 11.2. The highest BCUT2D eigenvalue weighted by molar-refractivity contribution is 8.00. The van der Waals surface area contributed by atoms with Crippen molar-refractivity contribution in [1.82, 2.24) is 0 Å². The first kappa shape index (κ1) is 11.8. The normalized spacial score (nSPS) is 12.6. The summed E-state index contributed by atoms with van der Waals surface area (Å²) < 4.78 is 0. The van der Waals surface area contributed by atoms with Gasteiger partial charge in [0.1, 0.15) is 5.78 Å². The number of hydrogen-bond acceptors (Lipinski definition) is 2. The molecule has 0 fully saturated rings. The van der Waals surface area contributed by atoms with Gasteiger partial charge in [0, 0.05) is 11.7 Å². The van der Waals surface area contributed by atoms with Crippen LogP contribution in [0.15, 0.2) is 12.2 Å². The van der Waals surface area contributed by atoms with Gasteiger partial charge in [0.2, 0.25) is 0 Å². The summed E-state index contributed by atoms with van der Waals surface area (Å²) in [6, 6.07) is 0. The van der Waals surface area contributed by atoms with E-state index in [4.69, 9.17) is 0 Å². The van der Waals surface area contributed by atoms with E-state index in [1.54, 1.807) is 11.8 Å². The highest BCUT2D eigenvalue weighted by Gasteiger charge is 2.05. The van der Waals surface area contributed by atoms with E-state index in [-0.39, 0.29) is 0 Å². The third kappa shape index (κ3) is 6.47. The van der Waals surface area contributed by atoms with Crippen molar-refractivity contribution in [1.29, 1.82) is 0 Å². The molecule has 0 radical (unpaired) electrons. The summed E-state index contributed by atoms with van der Waals surface area (Å²) in [6.45, 7) is 9.90. The summed E-state index contributed by atoms with van der Waals surface area (Å²) in [5.41, 5.74) is 0.963. The number of thioether (sulfide) groups is 1. The van der Waals surface area contributed by atoms with Gasteiger partial charge < -0.3 is 0 Å². The van der Waals surface area contributed by atoms with E-state index in [2.05, 4.69) is 20.4 Å². The van der Waals surface area contributed by atoms with Crippen LogP contribution >= 0.6 is 11.8 Å². The van der Waals surface area contributed by atoms with Gasteiger partial charge in [0.15, 0.2) is 0 Å². The monoisotopic (exact) mass is 186 g/mol. The number of hydrogen-bond donors (Lipinski definition) is 0. The molecule has 0 aliphatic heterocycles. The minimum Gasteiger partial charge on any atom is -0.298 e. The zero-order chi connectivity index (χ0) is 9.56. The Balaban J connectivity index is 3.50. The van der Waals surface area contributed by atoms with Gasteiger partial charge >= 0.3 is 0 Å². The standard InChI is InChI=1S/C10H18OS/c1-5-9(4)12-7-10(11)6-8(2)3/h9H,2,5-7H2,1,3-4H3. The zero-order valence-electron chi connectivity index (χ0n) is 8.22. The van der Waals surface area contributed by atoms with Crippen LogP contribution in [0.3, 0.4) is 0 Å². The van der Waals surface area contributed by atoms with Crippen LogP contribution in [0.4, 0.5) is 0 Å². The largest absolute Gasteiger partial charge is 0.298 e. The van der Waals surface area contributed by atoms with E-state index >= 15 is 0 Å². The summed E-state index contributed by atoms with van der Waals surface area (Å²) in [5, 5.41) is 0.596. The van der Waals surface area contributed by atoms with Gasteiger partial charge in [-0.2, -0.15) is 11.8 Å². The minimum atomic E-state index is 0.299. The first-order valence-corrected chi connectivity index (χ1v) is 5.38. The van der Waals surface area contributed by atoms with E-state index in [1.807, 2.05) is 6.92 Å². The van der Waals surface area contributed by atoms with Crippen LogP contribution in [-0.2, 0) is 4.79 Å². The molecule has 0 aliphatic carbocycles. The molecule has 0 aromatic heterocycles. The Labute approximate surface area is 79.6 Å². The summed E-state index contributed by atoms with van der Waals surface area (Å²) in [5.74, 6) is 0.940. The Hall–Kier alpha value is -0.240. The molecule has 0 N–H and O–H groups in total. The lowest BCUT2D eigenvalue weighted by atomic mass is 10.2. The molecule has 0 spiro atoms. The maximum absolute atomic E-state index is 11.2. The molecule has 0 saturated carbocycles. The van der Waals surface area contributed by atoms with Gasteiger partial charge in [-0.25, -0.2) is 0 Å². The van der Waals surface area contributed by atoms with Crippen LogP contribution in [0.5, 0.6) is 0 Å². The lowest BCUT2D eigenvalue weighted by molar-refractivity contribution is -0.115. The first-order valence-electron chi connectivity index (χ1n) is 4.34. The van der Waals surface area contributed by atoms with Crippen LogP contribution < -0.4 is 0 Å². The molecule has 0 rings (SSSR count). The average Bonchev–Trinajstić information content (AvgIpc) is 1.99. The summed E-state index contributed by atoms with van der Waals surface area (Å²) in [7, 11) is 0. The predicted molar refractivity (Wildman–Crippen MR) is 56.6 cm³/mol. The van der Waals surface area contributed by atoms with Gasteiger partial charge in [0.25, 0.3) is 0 Å². The topological polar surface area (TPSA) is 17.1 Å². The number of ketones is 1. The fraction of sp³-hybridized carbons (Fsp3) is 0.700. The van der Waals surface area contributed by atoms with E-state index in [0.717, 1.165) is 12.0 Å². The second-order valence-electron chi connectivity index (χ2n) is 3.20. The van der Waals surface area contributed by atoms with Crippen LogP contribution in [0.2, 0.25) is 0 Å². The molecule has 0 aromatic carbocycles. The summed E-state index contributed by atoms with van der Waals surface area (Å²) >= 11 is 1.74. The van der Waals surface area contributed by atoms with Crippen LogP contribution in [0.25, 0.3) is 0 Å². The molecule has 0 saturated heterocycles. The van der Waals surface area contributed by atoms with Crippen molar-refractivity contribution in [2.24, 2.45) is 0 Å². The van der Waals surface area contributed by atoms with Crippen molar-refractivity contribution in [2.75, 3.05) is 5.75 Å².